The maximum absolute atomic E-state index is 11.1. The molecular weight excluding hydrogens is 352 g/mol. The molecule has 1 unspecified atom stereocenters. The predicted molar refractivity (Wildman–Crippen MR) is 91.9 cm³/mol. The van der Waals surface area contributed by atoms with Crippen LogP contribution in [0.15, 0.2) is 46.9 Å². The molecule has 2 aromatic carbocycles. The van der Waals surface area contributed by atoms with Crippen LogP contribution in [0.4, 0.5) is 11.4 Å². The van der Waals surface area contributed by atoms with Crippen molar-refractivity contribution in [2.75, 3.05) is 10.6 Å². The number of anilines is 2. The zero-order valence-electron chi connectivity index (χ0n) is 11.8. The number of hydrogen-bond donors (Lipinski definition) is 2. The van der Waals surface area contributed by atoms with Gasteiger partial charge in [0, 0.05) is 23.1 Å². The van der Waals surface area contributed by atoms with E-state index < -0.39 is 0 Å². The summed E-state index contributed by atoms with van der Waals surface area (Å²) in [5.74, 6) is -0.138. The van der Waals surface area contributed by atoms with Crippen LogP contribution in [0.2, 0.25) is 5.02 Å². The molecule has 5 heteroatoms. The van der Waals surface area contributed by atoms with Gasteiger partial charge in [-0.2, -0.15) is 0 Å². The summed E-state index contributed by atoms with van der Waals surface area (Å²) in [6.07, 6.45) is 0. The van der Waals surface area contributed by atoms with Crippen LogP contribution in [0.3, 0.4) is 0 Å². The van der Waals surface area contributed by atoms with Crippen molar-refractivity contribution >= 4 is 44.8 Å². The molecule has 2 aromatic rings. The van der Waals surface area contributed by atoms with Crippen LogP contribution in [-0.2, 0) is 4.79 Å². The molecule has 0 aliphatic rings. The molecular formula is C16H16BrClN2O. The first-order valence-electron chi connectivity index (χ1n) is 6.55. The predicted octanol–water partition coefficient (Wildman–Crippen LogP) is 5.23. The third kappa shape index (κ3) is 4.48. The first-order chi connectivity index (χ1) is 9.95. The summed E-state index contributed by atoms with van der Waals surface area (Å²) < 4.78 is 1.06. The van der Waals surface area contributed by atoms with Crippen molar-refractivity contribution < 1.29 is 4.79 Å². The summed E-state index contributed by atoms with van der Waals surface area (Å²) in [5, 5.41) is 6.59. The lowest BCUT2D eigenvalue weighted by Gasteiger charge is -2.17. The normalized spacial score (nSPS) is 11.8. The van der Waals surface area contributed by atoms with Gasteiger partial charge in [-0.25, -0.2) is 0 Å². The van der Waals surface area contributed by atoms with Crippen molar-refractivity contribution in [3.05, 3.63) is 57.5 Å². The minimum atomic E-state index is -0.138. The molecule has 0 fully saturated rings. The molecule has 0 aromatic heterocycles. The summed E-state index contributed by atoms with van der Waals surface area (Å²) in [7, 11) is 0. The van der Waals surface area contributed by atoms with Gasteiger partial charge in [0.15, 0.2) is 0 Å². The zero-order chi connectivity index (χ0) is 15.4. The minimum Gasteiger partial charge on any atom is -0.378 e. The topological polar surface area (TPSA) is 41.1 Å². The summed E-state index contributed by atoms with van der Waals surface area (Å²) in [6.45, 7) is 3.54. The van der Waals surface area contributed by atoms with Crippen LogP contribution < -0.4 is 10.6 Å². The van der Waals surface area contributed by atoms with Gasteiger partial charge in [-0.3, -0.25) is 4.79 Å². The molecule has 110 valence electrons. The molecule has 2 N–H and O–H groups in total. The van der Waals surface area contributed by atoms with E-state index in [9.17, 15) is 4.79 Å². The van der Waals surface area contributed by atoms with Gasteiger partial charge in [0.05, 0.1) is 10.7 Å². The van der Waals surface area contributed by atoms with E-state index >= 15 is 0 Å². The first kappa shape index (κ1) is 15.9. The highest BCUT2D eigenvalue weighted by atomic mass is 79.9. The van der Waals surface area contributed by atoms with E-state index in [0.717, 1.165) is 10.2 Å². The van der Waals surface area contributed by atoms with Crippen molar-refractivity contribution in [1.29, 1.82) is 0 Å². The van der Waals surface area contributed by atoms with Gasteiger partial charge < -0.3 is 10.6 Å². The molecule has 3 nitrogen and oxygen atoms in total. The first-order valence-corrected chi connectivity index (χ1v) is 7.72. The molecule has 0 saturated heterocycles. The van der Waals surface area contributed by atoms with Gasteiger partial charge in [0.25, 0.3) is 0 Å². The quantitative estimate of drug-likeness (QED) is 0.776. The van der Waals surface area contributed by atoms with Crippen molar-refractivity contribution in [3.8, 4) is 0 Å². The third-order valence-electron chi connectivity index (χ3n) is 3.03. The highest BCUT2D eigenvalue weighted by Crippen LogP contribution is 2.28. The number of rotatable bonds is 4. The van der Waals surface area contributed by atoms with Crippen molar-refractivity contribution in [2.24, 2.45) is 0 Å². The molecule has 0 aliphatic carbocycles. The Labute approximate surface area is 137 Å². The van der Waals surface area contributed by atoms with Gasteiger partial charge in [0.1, 0.15) is 0 Å². The van der Waals surface area contributed by atoms with Crippen molar-refractivity contribution in [2.45, 2.75) is 19.9 Å². The molecule has 0 spiro atoms. The van der Waals surface area contributed by atoms with E-state index in [0.29, 0.717) is 10.7 Å². The van der Waals surface area contributed by atoms with Crippen LogP contribution in [0.1, 0.15) is 25.5 Å². The maximum atomic E-state index is 11.1. The highest BCUT2D eigenvalue weighted by Gasteiger charge is 2.08. The molecule has 0 aliphatic heterocycles. The Bertz CT molecular complexity index is 643. The Morgan fingerprint density at radius 3 is 2.43 bits per heavy atom. The monoisotopic (exact) mass is 366 g/mol. The Kier molecular flexibility index (Phi) is 5.26. The molecule has 21 heavy (non-hydrogen) atoms. The average Bonchev–Trinajstić information content (AvgIpc) is 2.42. The van der Waals surface area contributed by atoms with Crippen LogP contribution >= 0.6 is 27.5 Å². The second kappa shape index (κ2) is 6.96. The Balaban J connectivity index is 2.10. The lowest BCUT2D eigenvalue weighted by Crippen LogP contribution is -2.08. The highest BCUT2D eigenvalue weighted by molar-refractivity contribution is 9.10. The second-order valence-corrected chi connectivity index (χ2v) is 6.12. The fraction of sp³-hybridized carbons (Fsp3) is 0.188. The van der Waals surface area contributed by atoms with E-state index in [1.165, 1.54) is 12.5 Å². The number of carbonyl (C=O) groups is 1. The molecule has 0 saturated carbocycles. The summed E-state index contributed by atoms with van der Waals surface area (Å²) >= 11 is 9.59. The van der Waals surface area contributed by atoms with Gasteiger partial charge in [-0.05, 0) is 42.8 Å². The third-order valence-corrected chi connectivity index (χ3v) is 3.87. The van der Waals surface area contributed by atoms with Gasteiger partial charge >= 0.3 is 0 Å². The number of halogens is 2. The summed E-state index contributed by atoms with van der Waals surface area (Å²) in [6, 6.07) is 13.8. The SMILES string of the molecule is CC(=O)Nc1ccc(NC(C)c2ccc(Br)cc2)cc1Cl. The zero-order valence-corrected chi connectivity index (χ0v) is 14.1. The Morgan fingerprint density at radius 2 is 1.86 bits per heavy atom. The van der Waals surface area contributed by atoms with Gasteiger partial charge in [0.2, 0.25) is 5.91 Å². The average molecular weight is 368 g/mol. The Hall–Kier alpha value is -1.52. The molecule has 2 rings (SSSR count). The minimum absolute atomic E-state index is 0.138. The standard InChI is InChI=1S/C16H16BrClN2O/c1-10(12-3-5-13(17)6-4-12)19-14-7-8-16(15(18)9-14)20-11(2)21/h3-10,19H,1-2H3,(H,20,21). The molecule has 1 amide bonds. The Morgan fingerprint density at radius 1 is 1.19 bits per heavy atom. The van der Waals surface area contributed by atoms with Gasteiger partial charge in [-0.15, -0.1) is 0 Å². The molecule has 0 heterocycles. The largest absolute Gasteiger partial charge is 0.378 e. The van der Waals surface area contributed by atoms with Crippen LogP contribution in [0.5, 0.6) is 0 Å². The number of nitrogens with one attached hydrogen (secondary N) is 2. The van der Waals surface area contributed by atoms with E-state index in [-0.39, 0.29) is 11.9 Å². The van der Waals surface area contributed by atoms with Gasteiger partial charge in [-0.1, -0.05) is 39.7 Å². The van der Waals surface area contributed by atoms with Crippen LogP contribution in [0.25, 0.3) is 0 Å². The van der Waals surface area contributed by atoms with Crippen LogP contribution in [-0.4, -0.2) is 5.91 Å². The summed E-state index contributed by atoms with van der Waals surface area (Å²) in [4.78, 5) is 11.1. The van der Waals surface area contributed by atoms with Crippen LogP contribution in [0, 0.1) is 0 Å². The lowest BCUT2D eigenvalue weighted by molar-refractivity contribution is -0.114. The molecule has 1 atom stereocenters. The van der Waals surface area contributed by atoms with E-state index in [4.69, 9.17) is 11.6 Å². The summed E-state index contributed by atoms with van der Waals surface area (Å²) in [5.41, 5.74) is 2.70. The molecule has 0 bridgehead atoms. The van der Waals surface area contributed by atoms with Crippen molar-refractivity contribution in [1.82, 2.24) is 0 Å². The number of benzene rings is 2. The number of amides is 1. The maximum Gasteiger partial charge on any atom is 0.221 e. The lowest BCUT2D eigenvalue weighted by atomic mass is 10.1. The van der Waals surface area contributed by atoms with E-state index in [1.54, 1.807) is 6.07 Å². The smallest absolute Gasteiger partial charge is 0.221 e. The number of hydrogen-bond acceptors (Lipinski definition) is 2. The second-order valence-electron chi connectivity index (χ2n) is 4.79. The molecule has 0 radical (unpaired) electrons. The van der Waals surface area contributed by atoms with E-state index in [1.807, 2.05) is 24.3 Å². The number of carbonyl (C=O) groups excluding carboxylic acids is 1. The van der Waals surface area contributed by atoms with E-state index in [2.05, 4.69) is 45.6 Å². The van der Waals surface area contributed by atoms with Crippen molar-refractivity contribution in [3.63, 3.8) is 0 Å². The fourth-order valence-electron chi connectivity index (χ4n) is 1.98. The fourth-order valence-corrected chi connectivity index (χ4v) is 2.47.